The lowest BCUT2D eigenvalue weighted by Gasteiger charge is -2.31. The quantitative estimate of drug-likeness (QED) is 0.469. The zero-order valence-electron chi connectivity index (χ0n) is 17.3. The molecule has 162 valence electrons. The third-order valence-corrected chi connectivity index (χ3v) is 9.30. The van der Waals surface area contributed by atoms with Crippen molar-refractivity contribution >= 4 is 63.4 Å². The largest absolute Gasteiger partial charge is 0.307 e. The molecule has 1 aliphatic heterocycles. The van der Waals surface area contributed by atoms with Crippen LogP contribution in [0.15, 0.2) is 41.3 Å². The average molecular weight is 474 g/mol. The van der Waals surface area contributed by atoms with Crippen molar-refractivity contribution in [2.75, 3.05) is 38.5 Å². The van der Waals surface area contributed by atoms with Gasteiger partial charge in [0.2, 0.25) is 10.0 Å². The molecule has 1 fully saturated rings. The molecule has 5 rings (SSSR count). The standard InChI is InChI=1S/C21H23N5O2S3/c1-3-14-4-6-16-18(12-14)29-20(22-16)24-21-23-17-7-5-15(13-19(17)30-21)31(27,28)26-10-8-25(2)9-11-26/h4-7,12-13H,3,8-11H2,1-2H3,(H,22,23,24). The third-order valence-electron chi connectivity index (χ3n) is 5.53. The number of thiazole rings is 2. The van der Waals surface area contributed by atoms with Crippen LogP contribution in [0.25, 0.3) is 20.4 Å². The highest BCUT2D eigenvalue weighted by atomic mass is 32.2. The number of anilines is 2. The summed E-state index contributed by atoms with van der Waals surface area (Å²) in [5, 5.41) is 4.79. The van der Waals surface area contributed by atoms with Crippen molar-refractivity contribution in [3.63, 3.8) is 0 Å². The van der Waals surface area contributed by atoms with E-state index in [9.17, 15) is 8.42 Å². The number of hydrogen-bond acceptors (Lipinski definition) is 8. The maximum Gasteiger partial charge on any atom is 0.243 e. The Bertz CT molecular complexity index is 1350. The van der Waals surface area contributed by atoms with Crippen LogP contribution in [0.1, 0.15) is 12.5 Å². The molecule has 2 aromatic carbocycles. The number of fused-ring (bicyclic) bond motifs is 2. The van der Waals surface area contributed by atoms with E-state index in [0.717, 1.165) is 45.1 Å². The van der Waals surface area contributed by atoms with Crippen molar-refractivity contribution in [3.05, 3.63) is 42.0 Å². The van der Waals surface area contributed by atoms with Gasteiger partial charge < -0.3 is 10.2 Å². The second kappa shape index (κ2) is 8.10. The number of rotatable bonds is 5. The summed E-state index contributed by atoms with van der Waals surface area (Å²) in [6.07, 6.45) is 0.994. The smallest absolute Gasteiger partial charge is 0.243 e. The molecule has 4 aromatic rings. The summed E-state index contributed by atoms with van der Waals surface area (Å²) in [7, 11) is -1.49. The number of benzene rings is 2. The Hall–Kier alpha value is -2.11. The predicted octanol–water partition coefficient (Wildman–Crippen LogP) is 4.15. The fraction of sp³-hybridized carbons (Fsp3) is 0.333. The van der Waals surface area contributed by atoms with Crippen LogP contribution in [0.4, 0.5) is 10.3 Å². The van der Waals surface area contributed by atoms with Gasteiger partial charge in [-0.1, -0.05) is 35.7 Å². The van der Waals surface area contributed by atoms with Gasteiger partial charge in [-0.2, -0.15) is 4.31 Å². The van der Waals surface area contributed by atoms with E-state index in [4.69, 9.17) is 0 Å². The van der Waals surface area contributed by atoms with Gasteiger partial charge in [-0.3, -0.25) is 0 Å². The second-order valence-electron chi connectivity index (χ2n) is 7.66. The first-order chi connectivity index (χ1) is 14.9. The number of nitrogens with zero attached hydrogens (tertiary/aromatic N) is 4. The molecule has 0 saturated carbocycles. The lowest BCUT2D eigenvalue weighted by molar-refractivity contribution is 0.222. The summed E-state index contributed by atoms with van der Waals surface area (Å²) in [5.41, 5.74) is 3.03. The van der Waals surface area contributed by atoms with Crippen LogP contribution < -0.4 is 5.32 Å². The SMILES string of the molecule is CCc1ccc2nc(Nc3nc4ccc(S(=O)(=O)N5CCN(C)CC5)cc4s3)sc2c1. The van der Waals surface area contributed by atoms with Gasteiger partial charge in [0.25, 0.3) is 0 Å². The van der Waals surface area contributed by atoms with E-state index in [1.165, 1.54) is 16.9 Å². The Morgan fingerprint density at radius 1 is 0.935 bits per heavy atom. The summed E-state index contributed by atoms with van der Waals surface area (Å²) in [5.74, 6) is 0. The zero-order valence-corrected chi connectivity index (χ0v) is 19.8. The fourth-order valence-electron chi connectivity index (χ4n) is 3.63. The summed E-state index contributed by atoms with van der Waals surface area (Å²) >= 11 is 3.04. The summed E-state index contributed by atoms with van der Waals surface area (Å²) < 4.78 is 29.7. The van der Waals surface area contributed by atoms with Gasteiger partial charge in [0, 0.05) is 26.2 Å². The summed E-state index contributed by atoms with van der Waals surface area (Å²) in [6.45, 7) is 4.67. The molecular formula is C21H23N5O2S3. The Kier molecular flexibility index (Phi) is 5.43. The monoisotopic (exact) mass is 473 g/mol. The van der Waals surface area contributed by atoms with Gasteiger partial charge in [0.1, 0.15) is 0 Å². The highest BCUT2D eigenvalue weighted by molar-refractivity contribution is 7.89. The molecule has 0 aliphatic carbocycles. The first-order valence-electron chi connectivity index (χ1n) is 10.2. The van der Waals surface area contributed by atoms with E-state index < -0.39 is 10.0 Å². The predicted molar refractivity (Wildman–Crippen MR) is 128 cm³/mol. The van der Waals surface area contributed by atoms with Crippen molar-refractivity contribution in [3.8, 4) is 0 Å². The van der Waals surface area contributed by atoms with Crippen LogP contribution in [0.3, 0.4) is 0 Å². The molecule has 0 atom stereocenters. The Labute approximate surface area is 189 Å². The van der Waals surface area contributed by atoms with Crippen molar-refractivity contribution in [1.29, 1.82) is 0 Å². The molecule has 0 radical (unpaired) electrons. The second-order valence-corrected chi connectivity index (χ2v) is 11.7. The number of piperazine rings is 1. The topological polar surface area (TPSA) is 78.4 Å². The molecular weight excluding hydrogens is 450 g/mol. The molecule has 0 amide bonds. The fourth-order valence-corrected chi connectivity index (χ4v) is 7.05. The highest BCUT2D eigenvalue weighted by Crippen LogP contribution is 2.34. The Morgan fingerprint density at radius 2 is 1.55 bits per heavy atom. The third kappa shape index (κ3) is 4.06. The van der Waals surface area contributed by atoms with Crippen LogP contribution >= 0.6 is 22.7 Å². The van der Waals surface area contributed by atoms with Crippen LogP contribution in [0, 0.1) is 0 Å². The van der Waals surface area contributed by atoms with Gasteiger partial charge in [-0.15, -0.1) is 0 Å². The van der Waals surface area contributed by atoms with Crippen molar-refractivity contribution in [1.82, 2.24) is 19.2 Å². The number of aryl methyl sites for hydroxylation is 1. The molecule has 1 aliphatic rings. The van der Waals surface area contributed by atoms with E-state index in [2.05, 4.69) is 39.2 Å². The summed E-state index contributed by atoms with van der Waals surface area (Å²) in [4.78, 5) is 11.7. The van der Waals surface area contributed by atoms with Gasteiger partial charge in [-0.25, -0.2) is 18.4 Å². The molecule has 0 bridgehead atoms. The molecule has 31 heavy (non-hydrogen) atoms. The van der Waals surface area contributed by atoms with Crippen LogP contribution in [0.5, 0.6) is 0 Å². The number of sulfonamides is 1. The number of hydrogen-bond donors (Lipinski definition) is 1. The van der Waals surface area contributed by atoms with Gasteiger partial charge in [0.15, 0.2) is 10.3 Å². The Morgan fingerprint density at radius 3 is 2.19 bits per heavy atom. The molecule has 0 spiro atoms. The van der Waals surface area contributed by atoms with Crippen molar-refractivity contribution in [2.45, 2.75) is 18.2 Å². The number of nitrogens with one attached hydrogen (secondary N) is 1. The van der Waals surface area contributed by atoms with Crippen molar-refractivity contribution < 1.29 is 8.42 Å². The first kappa shape index (κ1) is 20.8. The van der Waals surface area contributed by atoms with E-state index in [1.807, 2.05) is 13.1 Å². The van der Waals surface area contributed by atoms with Crippen LogP contribution in [0.2, 0.25) is 0 Å². The minimum atomic E-state index is -3.50. The average Bonchev–Trinajstić information content (AvgIpc) is 3.35. The maximum absolute atomic E-state index is 13.1. The van der Waals surface area contributed by atoms with E-state index in [0.29, 0.717) is 23.1 Å². The molecule has 2 aromatic heterocycles. The highest BCUT2D eigenvalue weighted by Gasteiger charge is 2.27. The van der Waals surface area contributed by atoms with Crippen LogP contribution in [-0.2, 0) is 16.4 Å². The number of aromatic nitrogens is 2. The molecule has 0 unspecified atom stereocenters. The van der Waals surface area contributed by atoms with Crippen molar-refractivity contribution in [2.24, 2.45) is 0 Å². The van der Waals surface area contributed by atoms with Crippen LogP contribution in [-0.4, -0.2) is 60.8 Å². The zero-order chi connectivity index (χ0) is 21.6. The first-order valence-corrected chi connectivity index (χ1v) is 13.3. The molecule has 10 heteroatoms. The van der Waals surface area contributed by atoms with Gasteiger partial charge in [0.05, 0.1) is 25.3 Å². The normalized spacial score (nSPS) is 16.3. The maximum atomic E-state index is 13.1. The van der Waals surface area contributed by atoms with Gasteiger partial charge >= 0.3 is 0 Å². The molecule has 1 N–H and O–H groups in total. The summed E-state index contributed by atoms with van der Waals surface area (Å²) in [6, 6.07) is 11.5. The van der Waals surface area contributed by atoms with E-state index in [-0.39, 0.29) is 0 Å². The Balaban J connectivity index is 1.40. The van der Waals surface area contributed by atoms with Gasteiger partial charge in [-0.05, 0) is 49.4 Å². The molecule has 1 saturated heterocycles. The minimum absolute atomic E-state index is 0.326. The van der Waals surface area contributed by atoms with E-state index in [1.54, 1.807) is 33.8 Å². The number of likely N-dealkylation sites (N-methyl/N-ethyl adjacent to an activating group) is 1. The molecule has 7 nitrogen and oxygen atoms in total. The minimum Gasteiger partial charge on any atom is -0.307 e. The lowest BCUT2D eigenvalue weighted by atomic mass is 10.2. The van der Waals surface area contributed by atoms with E-state index >= 15 is 0 Å². The lowest BCUT2D eigenvalue weighted by Crippen LogP contribution is -2.46. The molecule has 3 heterocycles.